The van der Waals surface area contributed by atoms with Gasteiger partial charge in [-0.1, -0.05) is 13.0 Å². The van der Waals surface area contributed by atoms with Crippen LogP contribution in [0.15, 0.2) is 12.7 Å². The summed E-state index contributed by atoms with van der Waals surface area (Å²) in [4.78, 5) is 9.41. The van der Waals surface area contributed by atoms with Gasteiger partial charge < -0.3 is 10.6 Å². The lowest BCUT2D eigenvalue weighted by Crippen LogP contribution is -2.25. The van der Waals surface area contributed by atoms with E-state index in [0.717, 1.165) is 0 Å². The largest absolute Gasteiger partial charge is 0.343 e. The van der Waals surface area contributed by atoms with E-state index in [4.69, 9.17) is 5.73 Å². The molecule has 11 heavy (non-hydrogen) atoms. The predicted octanol–water partition coefficient (Wildman–Crippen LogP) is 1.14. The van der Waals surface area contributed by atoms with Gasteiger partial charge in [-0.2, -0.15) is 0 Å². The van der Waals surface area contributed by atoms with E-state index in [9.17, 15) is 9.46 Å². The Balaban J connectivity index is 2.78. The molecule has 64 valence electrons. The maximum Gasteiger partial charge on any atom is 0.220 e. The van der Waals surface area contributed by atoms with Gasteiger partial charge in [0.25, 0.3) is 0 Å². The summed E-state index contributed by atoms with van der Waals surface area (Å²) in [5, 5.41) is -0.844. The molecular weight excluding hydrogens is 161 g/mol. The van der Waals surface area contributed by atoms with Crippen molar-refractivity contribution >= 4 is 7.37 Å². The van der Waals surface area contributed by atoms with Crippen molar-refractivity contribution in [3.05, 3.63) is 12.7 Å². The minimum absolute atomic E-state index is 0.0401. The van der Waals surface area contributed by atoms with Crippen LogP contribution in [0.1, 0.15) is 13.3 Å². The van der Waals surface area contributed by atoms with Crippen molar-refractivity contribution in [1.82, 2.24) is 0 Å². The lowest BCUT2D eigenvalue weighted by Gasteiger charge is -2.16. The highest BCUT2D eigenvalue weighted by Gasteiger charge is 2.60. The predicted molar refractivity (Wildman–Crippen MR) is 45.6 cm³/mol. The molecule has 3 nitrogen and oxygen atoms in total. The molecule has 1 rings (SSSR count). The van der Waals surface area contributed by atoms with Crippen molar-refractivity contribution in [3.8, 4) is 0 Å². The minimum Gasteiger partial charge on any atom is -0.343 e. The maximum absolute atomic E-state index is 11.4. The average Bonchev–Trinajstić information content (AvgIpc) is 2.64. The Labute approximate surface area is 66.7 Å². The third-order valence-electron chi connectivity index (χ3n) is 2.39. The van der Waals surface area contributed by atoms with Gasteiger partial charge in [-0.25, -0.2) is 0 Å². The Bertz CT molecular complexity index is 228. The van der Waals surface area contributed by atoms with Gasteiger partial charge >= 0.3 is 0 Å². The van der Waals surface area contributed by atoms with E-state index in [-0.39, 0.29) is 12.1 Å². The first-order valence-electron chi connectivity index (χ1n) is 3.71. The fraction of sp³-hybridized carbons (Fsp3) is 0.714. The van der Waals surface area contributed by atoms with E-state index >= 15 is 0 Å². The van der Waals surface area contributed by atoms with Crippen molar-refractivity contribution in [2.45, 2.75) is 18.6 Å². The van der Waals surface area contributed by atoms with E-state index < -0.39 is 12.6 Å². The summed E-state index contributed by atoms with van der Waals surface area (Å²) in [5.74, 6) is 0.0401. The van der Waals surface area contributed by atoms with Gasteiger partial charge in [-0.15, -0.1) is 6.58 Å². The molecule has 3 unspecified atom stereocenters. The van der Waals surface area contributed by atoms with Gasteiger partial charge in [0.15, 0.2) is 0 Å². The Morgan fingerprint density at radius 1 is 2.00 bits per heavy atom. The fourth-order valence-corrected chi connectivity index (χ4v) is 2.97. The van der Waals surface area contributed by atoms with Crippen LogP contribution < -0.4 is 5.73 Å². The van der Waals surface area contributed by atoms with Crippen LogP contribution in [0, 0.1) is 5.92 Å². The molecule has 1 saturated carbocycles. The third kappa shape index (κ3) is 1.18. The van der Waals surface area contributed by atoms with E-state index in [0.29, 0.717) is 6.42 Å². The molecule has 0 bridgehead atoms. The SMILES string of the molecule is C=CC1CC1(N)P(=O)(O)CC. The number of hydrogen-bond acceptors (Lipinski definition) is 2. The second-order valence-corrected chi connectivity index (χ2v) is 5.92. The Morgan fingerprint density at radius 3 is 2.82 bits per heavy atom. The normalized spacial score (nSPS) is 41.2. The van der Waals surface area contributed by atoms with Crippen LogP contribution in [0.2, 0.25) is 0 Å². The molecule has 0 saturated heterocycles. The monoisotopic (exact) mass is 175 g/mol. The molecule has 0 amide bonds. The summed E-state index contributed by atoms with van der Waals surface area (Å²) in [6.45, 7) is 5.24. The number of rotatable bonds is 3. The van der Waals surface area contributed by atoms with Crippen molar-refractivity contribution < 1.29 is 9.46 Å². The highest BCUT2D eigenvalue weighted by Crippen LogP contribution is 2.67. The quantitative estimate of drug-likeness (QED) is 0.499. The minimum atomic E-state index is -3.11. The zero-order valence-corrected chi connectivity index (χ0v) is 7.55. The van der Waals surface area contributed by atoms with Gasteiger partial charge in [0.1, 0.15) is 5.28 Å². The number of hydrogen-bond donors (Lipinski definition) is 2. The van der Waals surface area contributed by atoms with Gasteiger partial charge in [-0.05, 0) is 6.42 Å². The highest BCUT2D eigenvalue weighted by atomic mass is 31.2. The zero-order valence-electron chi connectivity index (χ0n) is 6.66. The number of nitrogens with two attached hydrogens (primary N) is 1. The van der Waals surface area contributed by atoms with Crippen molar-refractivity contribution in [1.29, 1.82) is 0 Å². The molecule has 0 aromatic heterocycles. The van der Waals surface area contributed by atoms with Gasteiger partial charge in [0.2, 0.25) is 7.37 Å². The molecule has 3 N–H and O–H groups in total. The third-order valence-corrected chi connectivity index (χ3v) is 5.07. The fourth-order valence-electron chi connectivity index (χ4n) is 1.28. The molecular formula is C7H14NO2P. The molecule has 1 fully saturated rings. The molecule has 0 aromatic carbocycles. The first-order valence-corrected chi connectivity index (χ1v) is 5.56. The molecule has 0 aromatic rings. The lowest BCUT2D eigenvalue weighted by molar-refractivity contribution is 0.458. The Hall–Kier alpha value is -0.110. The van der Waals surface area contributed by atoms with Crippen molar-refractivity contribution in [2.24, 2.45) is 11.7 Å². The summed E-state index contributed by atoms with van der Waals surface area (Å²) in [7, 11) is -3.11. The molecule has 0 aliphatic heterocycles. The van der Waals surface area contributed by atoms with Gasteiger partial charge in [0.05, 0.1) is 0 Å². The summed E-state index contributed by atoms with van der Waals surface area (Å²) >= 11 is 0. The Morgan fingerprint density at radius 2 is 2.55 bits per heavy atom. The maximum atomic E-state index is 11.4. The van der Waals surface area contributed by atoms with Crippen molar-refractivity contribution in [3.63, 3.8) is 0 Å². The average molecular weight is 175 g/mol. The van der Waals surface area contributed by atoms with Crippen LogP contribution in [0.3, 0.4) is 0 Å². The van der Waals surface area contributed by atoms with Crippen LogP contribution in [-0.2, 0) is 4.57 Å². The van der Waals surface area contributed by atoms with Crippen LogP contribution in [0.5, 0.6) is 0 Å². The molecule has 0 heterocycles. The molecule has 1 aliphatic carbocycles. The van der Waals surface area contributed by atoms with Crippen LogP contribution >= 0.6 is 7.37 Å². The summed E-state index contributed by atoms with van der Waals surface area (Å²) in [6.07, 6.45) is 2.53. The van der Waals surface area contributed by atoms with Crippen LogP contribution in [-0.4, -0.2) is 16.3 Å². The van der Waals surface area contributed by atoms with E-state index in [1.165, 1.54) is 0 Å². The van der Waals surface area contributed by atoms with E-state index in [2.05, 4.69) is 6.58 Å². The van der Waals surface area contributed by atoms with Gasteiger partial charge in [-0.3, -0.25) is 4.57 Å². The summed E-state index contributed by atoms with van der Waals surface area (Å²) in [5.41, 5.74) is 5.71. The second kappa shape index (κ2) is 2.44. The second-order valence-electron chi connectivity index (χ2n) is 3.06. The molecule has 3 atom stereocenters. The first-order chi connectivity index (χ1) is 4.98. The molecule has 0 spiro atoms. The van der Waals surface area contributed by atoms with Crippen molar-refractivity contribution in [2.75, 3.05) is 6.16 Å². The molecule has 1 aliphatic rings. The zero-order chi connectivity index (χ0) is 8.70. The highest BCUT2D eigenvalue weighted by molar-refractivity contribution is 7.60. The molecule has 4 heteroatoms. The Kier molecular flexibility index (Phi) is 1.99. The van der Waals surface area contributed by atoms with E-state index in [1.807, 2.05) is 0 Å². The summed E-state index contributed by atoms with van der Waals surface area (Å²) in [6, 6.07) is 0. The van der Waals surface area contributed by atoms with Crippen LogP contribution in [0.4, 0.5) is 0 Å². The smallest absolute Gasteiger partial charge is 0.220 e. The van der Waals surface area contributed by atoms with Gasteiger partial charge in [0, 0.05) is 12.1 Å². The first kappa shape index (κ1) is 8.98. The lowest BCUT2D eigenvalue weighted by atomic mass is 10.4. The standard InChI is InChI=1S/C7H14NO2P/c1-3-6-5-7(6,8)11(9,10)4-2/h3,6H,1,4-5,8H2,2H3,(H,9,10). The molecule has 0 radical (unpaired) electrons. The topological polar surface area (TPSA) is 63.3 Å². The summed E-state index contributed by atoms with van der Waals surface area (Å²) < 4.78 is 11.4. The van der Waals surface area contributed by atoms with E-state index in [1.54, 1.807) is 13.0 Å². The van der Waals surface area contributed by atoms with Crippen LogP contribution in [0.25, 0.3) is 0 Å².